The lowest BCUT2D eigenvalue weighted by atomic mass is 9.99. The van der Waals surface area contributed by atoms with Crippen molar-refractivity contribution in [2.45, 2.75) is 31.9 Å². The highest BCUT2D eigenvalue weighted by Crippen LogP contribution is 2.24. The summed E-state index contributed by atoms with van der Waals surface area (Å²) in [5.74, 6) is 1.10. The number of piperidine rings is 1. The maximum absolute atomic E-state index is 12.7. The molecule has 3 heterocycles. The molecule has 4 rings (SSSR count). The van der Waals surface area contributed by atoms with Gasteiger partial charge in [0, 0.05) is 44.4 Å². The van der Waals surface area contributed by atoms with E-state index in [0.29, 0.717) is 18.2 Å². The number of nitrogens with one attached hydrogen (secondary N) is 1. The van der Waals surface area contributed by atoms with Crippen LogP contribution in [0.4, 0.5) is 10.5 Å². The number of hydrogen-bond donors (Lipinski definition) is 1. The van der Waals surface area contributed by atoms with E-state index in [1.807, 2.05) is 38.2 Å². The average Bonchev–Trinajstić information content (AvgIpc) is 3.18. The quantitative estimate of drug-likeness (QED) is 0.887. The van der Waals surface area contributed by atoms with Gasteiger partial charge in [0.15, 0.2) is 0 Å². The molecule has 2 bridgehead atoms. The van der Waals surface area contributed by atoms with Crippen LogP contribution in [0.2, 0.25) is 0 Å². The van der Waals surface area contributed by atoms with E-state index in [9.17, 15) is 4.79 Å². The molecule has 0 spiro atoms. The first-order valence-electron chi connectivity index (χ1n) is 9.44. The van der Waals surface area contributed by atoms with Gasteiger partial charge in [0.1, 0.15) is 0 Å². The lowest BCUT2D eigenvalue weighted by Crippen LogP contribution is -2.59. The molecular weight excluding hydrogens is 346 g/mol. The summed E-state index contributed by atoms with van der Waals surface area (Å²) in [6.45, 7) is 5.62. The first-order valence-corrected chi connectivity index (χ1v) is 9.44. The zero-order valence-corrected chi connectivity index (χ0v) is 15.7. The number of rotatable bonds is 4. The van der Waals surface area contributed by atoms with E-state index in [1.54, 1.807) is 4.90 Å². The Morgan fingerprint density at radius 2 is 2.11 bits per heavy atom. The van der Waals surface area contributed by atoms with Crippen LogP contribution in [0, 0.1) is 0 Å². The molecule has 3 unspecified atom stereocenters. The first-order chi connectivity index (χ1) is 13.1. The SMILES string of the molecule is CCc1nnc(-c2ccc(NC(=O)N(C)C3CCN4CCOC3C4)cc2)o1. The maximum atomic E-state index is 12.7. The molecule has 1 N–H and O–H groups in total. The zero-order chi connectivity index (χ0) is 18.8. The Hall–Kier alpha value is -2.45. The third kappa shape index (κ3) is 3.81. The predicted molar refractivity (Wildman–Crippen MR) is 100 cm³/mol. The second-order valence-corrected chi connectivity index (χ2v) is 7.04. The van der Waals surface area contributed by atoms with Crippen molar-refractivity contribution >= 4 is 11.7 Å². The molecule has 1 aromatic heterocycles. The van der Waals surface area contributed by atoms with Gasteiger partial charge in [-0.15, -0.1) is 10.2 Å². The molecule has 0 aliphatic carbocycles. The Balaban J connectivity index is 1.38. The zero-order valence-electron chi connectivity index (χ0n) is 15.7. The molecule has 2 aromatic rings. The summed E-state index contributed by atoms with van der Waals surface area (Å²) < 4.78 is 11.4. The predicted octanol–water partition coefficient (Wildman–Crippen LogP) is 2.24. The van der Waals surface area contributed by atoms with E-state index in [4.69, 9.17) is 9.15 Å². The van der Waals surface area contributed by atoms with Crippen LogP contribution < -0.4 is 5.32 Å². The van der Waals surface area contributed by atoms with E-state index in [0.717, 1.165) is 43.9 Å². The third-order valence-corrected chi connectivity index (χ3v) is 5.32. The van der Waals surface area contributed by atoms with Crippen LogP contribution in [0.5, 0.6) is 0 Å². The van der Waals surface area contributed by atoms with Gasteiger partial charge in [-0.1, -0.05) is 6.92 Å². The van der Waals surface area contributed by atoms with Crippen LogP contribution in [0.1, 0.15) is 19.2 Å². The number of morpholine rings is 1. The van der Waals surface area contributed by atoms with Crippen molar-refractivity contribution in [3.8, 4) is 11.5 Å². The lowest BCUT2D eigenvalue weighted by molar-refractivity contribution is -0.0878. The van der Waals surface area contributed by atoms with Gasteiger partial charge in [0.25, 0.3) is 0 Å². The van der Waals surface area contributed by atoms with Crippen molar-refractivity contribution < 1.29 is 13.9 Å². The summed E-state index contributed by atoms with van der Waals surface area (Å²) in [6, 6.07) is 7.40. The number of anilines is 1. The second-order valence-electron chi connectivity index (χ2n) is 7.04. The number of carbonyl (C=O) groups is 1. The van der Waals surface area contributed by atoms with Gasteiger partial charge < -0.3 is 19.4 Å². The van der Waals surface area contributed by atoms with Crippen molar-refractivity contribution in [3.05, 3.63) is 30.2 Å². The van der Waals surface area contributed by atoms with Gasteiger partial charge in [0.2, 0.25) is 11.8 Å². The van der Waals surface area contributed by atoms with Crippen molar-refractivity contribution in [1.29, 1.82) is 0 Å². The van der Waals surface area contributed by atoms with E-state index in [1.165, 1.54) is 0 Å². The molecule has 27 heavy (non-hydrogen) atoms. The van der Waals surface area contributed by atoms with E-state index < -0.39 is 0 Å². The summed E-state index contributed by atoms with van der Waals surface area (Å²) in [6.07, 6.45) is 1.73. The summed E-state index contributed by atoms with van der Waals surface area (Å²) in [5.41, 5.74) is 1.56. The number of hydrogen-bond acceptors (Lipinski definition) is 6. The number of carbonyl (C=O) groups excluding carboxylic acids is 1. The Kier molecular flexibility index (Phi) is 5.09. The number of urea groups is 1. The largest absolute Gasteiger partial charge is 0.421 e. The Labute approximate surface area is 158 Å². The number of likely N-dealkylation sites (N-methyl/N-ethyl adjacent to an activating group) is 1. The van der Waals surface area contributed by atoms with Gasteiger partial charge in [-0.05, 0) is 30.7 Å². The minimum absolute atomic E-state index is 0.0934. The van der Waals surface area contributed by atoms with Gasteiger partial charge in [-0.25, -0.2) is 4.79 Å². The highest BCUT2D eigenvalue weighted by Gasteiger charge is 2.36. The highest BCUT2D eigenvalue weighted by molar-refractivity contribution is 5.89. The Bertz CT molecular complexity index is 791. The van der Waals surface area contributed by atoms with Gasteiger partial charge in [0.05, 0.1) is 18.8 Å². The first kappa shape index (κ1) is 17.9. The minimum Gasteiger partial charge on any atom is -0.421 e. The van der Waals surface area contributed by atoms with Gasteiger partial charge >= 0.3 is 6.03 Å². The standard InChI is InChI=1S/C19H25N5O3/c1-3-17-21-22-18(27-17)13-4-6-14(7-5-13)20-19(25)23(2)15-8-9-24-10-11-26-16(15)12-24/h4-7,15-16H,3,8-12H2,1-2H3,(H,20,25). The van der Waals surface area contributed by atoms with Crippen LogP contribution in [0.3, 0.4) is 0 Å². The summed E-state index contributed by atoms with van der Waals surface area (Å²) in [7, 11) is 1.84. The number of aromatic nitrogens is 2. The monoisotopic (exact) mass is 371 g/mol. The number of aryl methyl sites for hydroxylation is 1. The fourth-order valence-electron chi connectivity index (χ4n) is 3.68. The molecule has 8 nitrogen and oxygen atoms in total. The number of amides is 2. The second kappa shape index (κ2) is 7.66. The Morgan fingerprint density at radius 1 is 1.30 bits per heavy atom. The van der Waals surface area contributed by atoms with Crippen LogP contribution in [0.15, 0.2) is 28.7 Å². The minimum atomic E-state index is -0.124. The smallest absolute Gasteiger partial charge is 0.321 e. The van der Waals surface area contributed by atoms with Crippen molar-refractivity contribution in [1.82, 2.24) is 20.0 Å². The highest BCUT2D eigenvalue weighted by atomic mass is 16.5. The fourth-order valence-corrected chi connectivity index (χ4v) is 3.68. The molecule has 144 valence electrons. The molecule has 2 aliphatic rings. The fraction of sp³-hybridized carbons (Fsp3) is 0.526. The van der Waals surface area contributed by atoms with Crippen molar-refractivity contribution in [2.75, 3.05) is 38.6 Å². The van der Waals surface area contributed by atoms with Gasteiger partial charge in [-0.3, -0.25) is 4.90 Å². The topological polar surface area (TPSA) is 83.7 Å². The summed E-state index contributed by atoms with van der Waals surface area (Å²) in [5, 5.41) is 11.0. The summed E-state index contributed by atoms with van der Waals surface area (Å²) >= 11 is 0. The van der Waals surface area contributed by atoms with Crippen LogP contribution in [-0.4, -0.2) is 71.5 Å². The summed E-state index contributed by atoms with van der Waals surface area (Å²) in [4.78, 5) is 16.8. The van der Waals surface area contributed by atoms with E-state index >= 15 is 0 Å². The van der Waals surface area contributed by atoms with Crippen molar-refractivity contribution in [3.63, 3.8) is 0 Å². The number of ether oxygens (including phenoxy) is 1. The molecule has 3 atom stereocenters. The molecule has 2 saturated heterocycles. The maximum Gasteiger partial charge on any atom is 0.321 e. The Morgan fingerprint density at radius 3 is 2.85 bits per heavy atom. The molecule has 8 heteroatoms. The van der Waals surface area contributed by atoms with E-state index in [-0.39, 0.29) is 18.2 Å². The molecule has 2 aliphatic heterocycles. The molecular formula is C19H25N5O3. The van der Waals surface area contributed by atoms with Crippen LogP contribution in [-0.2, 0) is 11.2 Å². The van der Waals surface area contributed by atoms with Crippen LogP contribution >= 0.6 is 0 Å². The number of benzene rings is 1. The molecule has 2 amide bonds. The third-order valence-electron chi connectivity index (χ3n) is 5.32. The van der Waals surface area contributed by atoms with Crippen LogP contribution in [0.25, 0.3) is 11.5 Å². The average molecular weight is 371 g/mol. The van der Waals surface area contributed by atoms with Crippen molar-refractivity contribution in [2.24, 2.45) is 0 Å². The normalized spacial score (nSPS) is 24.4. The number of nitrogens with zero attached hydrogens (tertiary/aromatic N) is 4. The number of fused-ring (bicyclic) bond motifs is 2. The lowest BCUT2D eigenvalue weighted by Gasteiger charge is -2.45. The molecule has 0 saturated carbocycles. The van der Waals surface area contributed by atoms with E-state index in [2.05, 4.69) is 20.4 Å². The molecule has 0 radical (unpaired) electrons. The van der Waals surface area contributed by atoms with Gasteiger partial charge in [-0.2, -0.15) is 0 Å². The molecule has 1 aromatic carbocycles. The molecule has 2 fully saturated rings.